The topological polar surface area (TPSA) is 26.0 Å². The summed E-state index contributed by atoms with van der Waals surface area (Å²) in [6.07, 6.45) is 2.39. The van der Waals surface area contributed by atoms with Gasteiger partial charge in [0, 0.05) is 12.0 Å². The Kier molecular flexibility index (Phi) is 2.74. The fourth-order valence-electron chi connectivity index (χ4n) is 1.79. The van der Waals surface area contributed by atoms with Crippen molar-refractivity contribution < 1.29 is 8.91 Å². The van der Waals surface area contributed by atoms with Crippen LogP contribution in [0.1, 0.15) is 40.6 Å². The van der Waals surface area contributed by atoms with Crippen molar-refractivity contribution >= 4 is 15.9 Å². The third kappa shape index (κ3) is 2.27. The fraction of sp³-hybridized carbons (Fsp3) is 0.308. The maximum Gasteiger partial charge on any atom is 0.140 e. The standard InChI is InChI=1S/C13H11BrFNO/c14-13(9-3-5-10(15)6-4-9)11-7-12(17-16-11)8-1-2-8/h3-8,13H,1-2H2. The highest BCUT2D eigenvalue weighted by Gasteiger charge is 2.29. The molecule has 1 aliphatic carbocycles. The van der Waals surface area contributed by atoms with Crippen molar-refractivity contribution in [3.63, 3.8) is 0 Å². The number of rotatable bonds is 3. The molecule has 0 radical (unpaired) electrons. The number of benzene rings is 1. The summed E-state index contributed by atoms with van der Waals surface area (Å²) in [6, 6.07) is 8.39. The zero-order chi connectivity index (χ0) is 11.8. The Bertz CT molecular complexity index is 518. The van der Waals surface area contributed by atoms with Gasteiger partial charge in [-0.05, 0) is 30.5 Å². The van der Waals surface area contributed by atoms with E-state index in [4.69, 9.17) is 4.52 Å². The Morgan fingerprint density at radius 3 is 2.65 bits per heavy atom. The number of hydrogen-bond donors (Lipinski definition) is 0. The third-order valence-corrected chi connectivity index (χ3v) is 3.95. The highest BCUT2D eigenvalue weighted by molar-refractivity contribution is 9.09. The van der Waals surface area contributed by atoms with Gasteiger partial charge in [-0.3, -0.25) is 0 Å². The molecule has 0 saturated heterocycles. The van der Waals surface area contributed by atoms with Gasteiger partial charge >= 0.3 is 0 Å². The Morgan fingerprint density at radius 2 is 2.00 bits per heavy atom. The number of aromatic nitrogens is 1. The Balaban J connectivity index is 1.84. The van der Waals surface area contributed by atoms with E-state index in [1.54, 1.807) is 12.1 Å². The first kappa shape index (κ1) is 11.0. The smallest absolute Gasteiger partial charge is 0.140 e. The molecule has 0 amide bonds. The van der Waals surface area contributed by atoms with Gasteiger partial charge in [0.1, 0.15) is 17.3 Å². The lowest BCUT2D eigenvalue weighted by Gasteiger charge is -2.05. The van der Waals surface area contributed by atoms with Crippen LogP contribution in [0.15, 0.2) is 34.9 Å². The van der Waals surface area contributed by atoms with Crippen LogP contribution in [0.4, 0.5) is 4.39 Å². The van der Waals surface area contributed by atoms with Crippen LogP contribution >= 0.6 is 15.9 Å². The largest absolute Gasteiger partial charge is 0.361 e. The van der Waals surface area contributed by atoms with Crippen LogP contribution < -0.4 is 0 Å². The predicted molar refractivity (Wildman–Crippen MR) is 65.6 cm³/mol. The first-order valence-corrected chi connectivity index (χ1v) is 6.51. The van der Waals surface area contributed by atoms with Crippen LogP contribution in [0.5, 0.6) is 0 Å². The van der Waals surface area contributed by atoms with E-state index in [1.165, 1.54) is 25.0 Å². The normalized spacial score (nSPS) is 17.1. The summed E-state index contributed by atoms with van der Waals surface area (Å²) in [6.45, 7) is 0. The van der Waals surface area contributed by atoms with Crippen LogP contribution in [0.2, 0.25) is 0 Å². The van der Waals surface area contributed by atoms with Gasteiger partial charge in [0.25, 0.3) is 0 Å². The van der Waals surface area contributed by atoms with E-state index in [9.17, 15) is 4.39 Å². The van der Waals surface area contributed by atoms with Crippen molar-refractivity contribution in [2.24, 2.45) is 0 Å². The molecule has 88 valence electrons. The highest BCUT2D eigenvalue weighted by Crippen LogP contribution is 2.41. The molecule has 0 spiro atoms. The first-order valence-electron chi connectivity index (χ1n) is 5.60. The summed E-state index contributed by atoms with van der Waals surface area (Å²) in [5.74, 6) is 1.29. The van der Waals surface area contributed by atoms with Crippen molar-refractivity contribution in [3.8, 4) is 0 Å². The third-order valence-electron chi connectivity index (χ3n) is 2.95. The SMILES string of the molecule is Fc1ccc(C(Br)c2cc(C3CC3)on2)cc1. The molecule has 2 aromatic rings. The quantitative estimate of drug-likeness (QED) is 0.794. The minimum absolute atomic E-state index is 0.0423. The maximum absolute atomic E-state index is 12.8. The predicted octanol–water partition coefficient (Wildman–Crippen LogP) is 4.18. The first-order chi connectivity index (χ1) is 8.24. The molecular weight excluding hydrogens is 285 g/mol. The second-order valence-corrected chi connectivity index (χ2v) is 5.26. The Morgan fingerprint density at radius 1 is 1.29 bits per heavy atom. The molecule has 17 heavy (non-hydrogen) atoms. The molecule has 3 rings (SSSR count). The molecule has 0 bridgehead atoms. The number of halogens is 2. The summed E-state index contributed by atoms with van der Waals surface area (Å²) in [5, 5.41) is 4.06. The molecular formula is C13H11BrFNO. The maximum atomic E-state index is 12.8. The van der Waals surface area contributed by atoms with Gasteiger partial charge in [0.05, 0.1) is 4.83 Å². The molecule has 0 N–H and O–H groups in total. The summed E-state index contributed by atoms with van der Waals surface area (Å²) in [4.78, 5) is -0.0423. The lowest BCUT2D eigenvalue weighted by molar-refractivity contribution is 0.379. The van der Waals surface area contributed by atoms with Crippen LogP contribution in [-0.4, -0.2) is 5.16 Å². The molecule has 1 aliphatic rings. The zero-order valence-corrected chi connectivity index (χ0v) is 10.7. The summed E-state index contributed by atoms with van der Waals surface area (Å²) >= 11 is 3.56. The molecule has 1 atom stereocenters. The Labute approximate surface area is 107 Å². The zero-order valence-electron chi connectivity index (χ0n) is 9.07. The van der Waals surface area contributed by atoms with Crippen molar-refractivity contribution in [3.05, 3.63) is 53.2 Å². The molecule has 2 nitrogen and oxygen atoms in total. The van der Waals surface area contributed by atoms with Gasteiger partial charge in [-0.2, -0.15) is 0 Å². The van der Waals surface area contributed by atoms with Crippen LogP contribution in [-0.2, 0) is 0 Å². The van der Waals surface area contributed by atoms with Gasteiger partial charge in [0.2, 0.25) is 0 Å². The molecule has 0 aliphatic heterocycles. The van der Waals surface area contributed by atoms with Crippen LogP contribution in [0.25, 0.3) is 0 Å². The minimum atomic E-state index is -0.229. The van der Waals surface area contributed by atoms with Gasteiger partial charge in [-0.15, -0.1) is 0 Å². The summed E-state index contributed by atoms with van der Waals surface area (Å²) in [7, 11) is 0. The van der Waals surface area contributed by atoms with Crippen molar-refractivity contribution in [2.45, 2.75) is 23.6 Å². The highest BCUT2D eigenvalue weighted by atomic mass is 79.9. The molecule has 1 aromatic carbocycles. The lowest BCUT2D eigenvalue weighted by atomic mass is 10.1. The fourth-order valence-corrected chi connectivity index (χ4v) is 2.31. The van der Waals surface area contributed by atoms with E-state index < -0.39 is 0 Å². The summed E-state index contributed by atoms with van der Waals surface area (Å²) < 4.78 is 18.1. The van der Waals surface area contributed by atoms with E-state index in [-0.39, 0.29) is 10.6 Å². The molecule has 1 unspecified atom stereocenters. The second-order valence-electron chi connectivity index (χ2n) is 4.34. The van der Waals surface area contributed by atoms with Crippen molar-refractivity contribution in [1.29, 1.82) is 0 Å². The molecule has 4 heteroatoms. The minimum Gasteiger partial charge on any atom is -0.361 e. The molecule has 1 heterocycles. The van der Waals surface area contributed by atoms with Gasteiger partial charge in [-0.1, -0.05) is 33.2 Å². The number of alkyl halides is 1. The monoisotopic (exact) mass is 295 g/mol. The lowest BCUT2D eigenvalue weighted by Crippen LogP contribution is -1.92. The van der Waals surface area contributed by atoms with E-state index >= 15 is 0 Å². The number of nitrogens with zero attached hydrogens (tertiary/aromatic N) is 1. The van der Waals surface area contributed by atoms with E-state index in [0.717, 1.165) is 17.0 Å². The van der Waals surface area contributed by atoms with Crippen molar-refractivity contribution in [2.75, 3.05) is 0 Å². The average molecular weight is 296 g/mol. The average Bonchev–Trinajstić information content (AvgIpc) is 3.07. The van der Waals surface area contributed by atoms with Crippen LogP contribution in [0, 0.1) is 5.82 Å². The van der Waals surface area contributed by atoms with E-state index in [1.807, 2.05) is 6.07 Å². The molecule has 1 saturated carbocycles. The van der Waals surface area contributed by atoms with Crippen LogP contribution in [0.3, 0.4) is 0 Å². The number of hydrogen-bond acceptors (Lipinski definition) is 2. The van der Waals surface area contributed by atoms with Gasteiger partial charge in [-0.25, -0.2) is 4.39 Å². The Hall–Kier alpha value is -1.16. The second kappa shape index (κ2) is 4.26. The van der Waals surface area contributed by atoms with E-state index in [0.29, 0.717) is 5.92 Å². The van der Waals surface area contributed by atoms with Gasteiger partial charge < -0.3 is 4.52 Å². The van der Waals surface area contributed by atoms with E-state index in [2.05, 4.69) is 21.1 Å². The summed E-state index contributed by atoms with van der Waals surface area (Å²) in [5.41, 5.74) is 1.82. The van der Waals surface area contributed by atoms with Gasteiger partial charge in [0.15, 0.2) is 0 Å². The van der Waals surface area contributed by atoms with Crippen molar-refractivity contribution in [1.82, 2.24) is 5.16 Å². The molecule has 1 fully saturated rings. The molecule has 1 aromatic heterocycles.